The lowest BCUT2D eigenvalue weighted by atomic mass is 10.1. The van der Waals surface area contributed by atoms with E-state index in [1.165, 1.54) is 22.4 Å². The van der Waals surface area contributed by atoms with Crippen LogP contribution in [0.4, 0.5) is 16.2 Å². The topological polar surface area (TPSA) is 35.6 Å². The van der Waals surface area contributed by atoms with E-state index in [0.717, 1.165) is 37.4 Å². The third kappa shape index (κ3) is 3.95. The summed E-state index contributed by atoms with van der Waals surface area (Å²) in [6.45, 7) is 11.6. The zero-order chi connectivity index (χ0) is 18.0. The van der Waals surface area contributed by atoms with Gasteiger partial charge in [-0.3, -0.25) is 0 Å². The summed E-state index contributed by atoms with van der Waals surface area (Å²) >= 11 is 0. The van der Waals surface area contributed by atoms with Crippen molar-refractivity contribution in [2.24, 2.45) is 0 Å². The Morgan fingerprint density at radius 1 is 0.840 bits per heavy atom. The first-order valence-electron chi connectivity index (χ1n) is 8.89. The van der Waals surface area contributed by atoms with Crippen LogP contribution in [0.2, 0.25) is 0 Å². The van der Waals surface area contributed by atoms with E-state index in [1.807, 2.05) is 24.0 Å². The molecule has 1 aliphatic rings. The van der Waals surface area contributed by atoms with Crippen molar-refractivity contribution in [1.29, 1.82) is 0 Å². The van der Waals surface area contributed by atoms with Crippen molar-refractivity contribution in [3.05, 3.63) is 58.7 Å². The standard InChI is InChI=1S/C21H27N3O/c1-15-6-8-19(18(4)13-15)22-21(25)24-11-9-23(10-12-24)20-14-16(2)5-7-17(20)3/h5-8,13-14H,9-12H2,1-4H3,(H,22,25). The van der Waals surface area contributed by atoms with Crippen molar-refractivity contribution >= 4 is 17.4 Å². The lowest BCUT2D eigenvalue weighted by Crippen LogP contribution is -2.50. The van der Waals surface area contributed by atoms with Crippen molar-refractivity contribution < 1.29 is 4.79 Å². The number of nitrogens with zero attached hydrogens (tertiary/aromatic N) is 2. The van der Waals surface area contributed by atoms with Crippen molar-refractivity contribution in [3.8, 4) is 0 Å². The molecule has 0 radical (unpaired) electrons. The second-order valence-electron chi connectivity index (χ2n) is 7.01. The third-order valence-electron chi connectivity index (χ3n) is 4.90. The van der Waals surface area contributed by atoms with E-state index < -0.39 is 0 Å². The smallest absolute Gasteiger partial charge is 0.321 e. The maximum Gasteiger partial charge on any atom is 0.321 e. The van der Waals surface area contributed by atoms with Crippen LogP contribution in [0, 0.1) is 27.7 Å². The number of carbonyl (C=O) groups is 1. The van der Waals surface area contributed by atoms with Crippen molar-refractivity contribution in [3.63, 3.8) is 0 Å². The number of piperazine rings is 1. The SMILES string of the molecule is Cc1ccc(NC(=O)N2CCN(c3cc(C)ccc3C)CC2)c(C)c1. The normalized spacial score (nSPS) is 14.6. The minimum atomic E-state index is -0.00688. The monoisotopic (exact) mass is 337 g/mol. The summed E-state index contributed by atoms with van der Waals surface area (Å²) in [7, 11) is 0. The van der Waals surface area contributed by atoms with Gasteiger partial charge in [-0.25, -0.2) is 4.79 Å². The van der Waals surface area contributed by atoms with Crippen LogP contribution in [0.25, 0.3) is 0 Å². The highest BCUT2D eigenvalue weighted by molar-refractivity contribution is 5.90. The van der Waals surface area contributed by atoms with Crippen molar-refractivity contribution in [2.45, 2.75) is 27.7 Å². The van der Waals surface area contributed by atoms with Gasteiger partial charge < -0.3 is 15.1 Å². The minimum Gasteiger partial charge on any atom is -0.368 e. The molecule has 0 unspecified atom stereocenters. The fraction of sp³-hybridized carbons (Fsp3) is 0.381. The highest BCUT2D eigenvalue weighted by Crippen LogP contribution is 2.23. The summed E-state index contributed by atoms with van der Waals surface area (Å²) in [5, 5.41) is 3.05. The van der Waals surface area contributed by atoms with Crippen LogP contribution < -0.4 is 10.2 Å². The lowest BCUT2D eigenvalue weighted by Gasteiger charge is -2.37. The van der Waals surface area contributed by atoms with E-state index in [0.29, 0.717) is 0 Å². The number of hydrogen-bond donors (Lipinski definition) is 1. The molecule has 1 saturated heterocycles. The van der Waals surface area contributed by atoms with E-state index in [4.69, 9.17) is 0 Å². The van der Waals surface area contributed by atoms with Crippen LogP contribution in [0.5, 0.6) is 0 Å². The number of rotatable bonds is 2. The Morgan fingerprint density at radius 3 is 2.16 bits per heavy atom. The van der Waals surface area contributed by atoms with Gasteiger partial charge in [0, 0.05) is 37.6 Å². The van der Waals surface area contributed by atoms with Gasteiger partial charge in [-0.2, -0.15) is 0 Å². The molecule has 4 nitrogen and oxygen atoms in total. The van der Waals surface area contributed by atoms with Crippen LogP contribution in [0.3, 0.4) is 0 Å². The highest BCUT2D eigenvalue weighted by atomic mass is 16.2. The predicted molar refractivity (Wildman–Crippen MR) is 105 cm³/mol. The van der Waals surface area contributed by atoms with Crippen LogP contribution >= 0.6 is 0 Å². The maximum absolute atomic E-state index is 12.6. The van der Waals surface area contributed by atoms with Gasteiger partial charge in [0.15, 0.2) is 0 Å². The van der Waals surface area contributed by atoms with Gasteiger partial charge in [-0.1, -0.05) is 29.8 Å². The molecule has 1 aliphatic heterocycles. The summed E-state index contributed by atoms with van der Waals surface area (Å²) in [5.74, 6) is 0. The van der Waals surface area contributed by atoms with E-state index in [1.54, 1.807) is 0 Å². The summed E-state index contributed by atoms with van der Waals surface area (Å²) < 4.78 is 0. The molecule has 2 aromatic carbocycles. The van der Waals surface area contributed by atoms with E-state index >= 15 is 0 Å². The molecule has 0 spiro atoms. The first-order chi connectivity index (χ1) is 11.9. The molecule has 0 aromatic heterocycles. The number of aryl methyl sites for hydroxylation is 4. The van der Waals surface area contributed by atoms with Crippen LogP contribution in [-0.2, 0) is 0 Å². The Hall–Kier alpha value is -2.49. The summed E-state index contributed by atoms with van der Waals surface area (Å²) in [6.07, 6.45) is 0. The fourth-order valence-corrected chi connectivity index (χ4v) is 3.36. The number of amides is 2. The van der Waals surface area contributed by atoms with E-state index in [-0.39, 0.29) is 6.03 Å². The molecular formula is C21H27N3O. The maximum atomic E-state index is 12.6. The van der Waals surface area contributed by atoms with Crippen LogP contribution in [0.1, 0.15) is 22.3 Å². The number of urea groups is 1. The van der Waals surface area contributed by atoms with Gasteiger partial charge >= 0.3 is 6.03 Å². The Bertz CT molecular complexity index is 777. The van der Waals surface area contributed by atoms with Crippen LogP contribution in [-0.4, -0.2) is 37.1 Å². The molecule has 0 aliphatic carbocycles. The van der Waals surface area contributed by atoms with Gasteiger partial charge in [0.25, 0.3) is 0 Å². The summed E-state index contributed by atoms with van der Waals surface area (Å²) in [4.78, 5) is 16.8. The minimum absolute atomic E-state index is 0.00688. The molecule has 1 heterocycles. The molecule has 0 bridgehead atoms. The molecule has 1 N–H and O–H groups in total. The molecule has 3 rings (SSSR count). The first kappa shape index (κ1) is 17.3. The molecule has 2 aromatic rings. The molecular weight excluding hydrogens is 310 g/mol. The first-order valence-corrected chi connectivity index (χ1v) is 8.89. The van der Waals surface area contributed by atoms with E-state index in [9.17, 15) is 4.79 Å². The zero-order valence-electron chi connectivity index (χ0n) is 15.6. The second kappa shape index (κ2) is 7.18. The largest absolute Gasteiger partial charge is 0.368 e. The number of hydrogen-bond acceptors (Lipinski definition) is 2. The molecule has 2 amide bonds. The molecule has 0 saturated carbocycles. The van der Waals surface area contributed by atoms with Gasteiger partial charge in [-0.15, -0.1) is 0 Å². The van der Waals surface area contributed by atoms with Gasteiger partial charge in [0.1, 0.15) is 0 Å². The number of nitrogens with one attached hydrogen (secondary N) is 1. The van der Waals surface area contributed by atoms with Crippen LogP contribution in [0.15, 0.2) is 36.4 Å². The summed E-state index contributed by atoms with van der Waals surface area (Å²) in [5.41, 5.74) is 7.05. The predicted octanol–water partition coefficient (Wildman–Crippen LogP) is 4.27. The molecule has 1 fully saturated rings. The molecule has 4 heteroatoms. The zero-order valence-corrected chi connectivity index (χ0v) is 15.6. The number of anilines is 2. The lowest BCUT2D eigenvalue weighted by molar-refractivity contribution is 0.208. The average Bonchev–Trinajstić information content (AvgIpc) is 2.59. The third-order valence-corrected chi connectivity index (χ3v) is 4.90. The van der Waals surface area contributed by atoms with Gasteiger partial charge in [-0.05, 0) is 56.5 Å². The Morgan fingerprint density at radius 2 is 1.48 bits per heavy atom. The molecule has 0 atom stereocenters. The Balaban J connectivity index is 1.62. The summed E-state index contributed by atoms with van der Waals surface area (Å²) in [6, 6.07) is 12.6. The molecule has 25 heavy (non-hydrogen) atoms. The number of benzene rings is 2. The van der Waals surface area contributed by atoms with Gasteiger partial charge in [0.2, 0.25) is 0 Å². The second-order valence-corrected chi connectivity index (χ2v) is 7.01. The van der Waals surface area contributed by atoms with Gasteiger partial charge in [0.05, 0.1) is 0 Å². The van der Waals surface area contributed by atoms with Crippen molar-refractivity contribution in [2.75, 3.05) is 36.4 Å². The quantitative estimate of drug-likeness (QED) is 0.888. The molecule has 132 valence electrons. The fourth-order valence-electron chi connectivity index (χ4n) is 3.36. The Labute approximate surface area is 150 Å². The van der Waals surface area contributed by atoms with Crippen molar-refractivity contribution in [1.82, 2.24) is 4.90 Å². The average molecular weight is 337 g/mol. The Kier molecular flexibility index (Phi) is 4.98. The number of carbonyl (C=O) groups excluding carboxylic acids is 1. The van der Waals surface area contributed by atoms with E-state index in [2.05, 4.69) is 55.3 Å². The highest BCUT2D eigenvalue weighted by Gasteiger charge is 2.22.